The van der Waals surface area contributed by atoms with Crippen LogP contribution in [0.15, 0.2) is 42.6 Å². The third kappa shape index (κ3) is 6.31. The number of carbonyl (C=O) groups is 2. The lowest BCUT2D eigenvalue weighted by Gasteiger charge is -2.10. The number of amides is 2. The first kappa shape index (κ1) is 21.3. The van der Waals surface area contributed by atoms with E-state index in [9.17, 15) is 18.4 Å². The Kier molecular flexibility index (Phi) is 7.45. The van der Waals surface area contributed by atoms with E-state index in [2.05, 4.69) is 22.2 Å². The number of nitrogens with one attached hydrogen (secondary N) is 2. The molecule has 2 aromatic rings. The summed E-state index contributed by atoms with van der Waals surface area (Å²) in [7, 11) is 0. The molecular weight excluding hydrogens is 392 g/mol. The molecule has 1 aromatic carbocycles. The topological polar surface area (TPSA) is 80.3 Å². The summed E-state index contributed by atoms with van der Waals surface area (Å²) in [5, 5.41) is 4.95. The van der Waals surface area contributed by atoms with Crippen molar-refractivity contribution < 1.29 is 23.1 Å². The van der Waals surface area contributed by atoms with Gasteiger partial charge in [0.05, 0.1) is 5.02 Å². The number of benzene rings is 1. The fraction of sp³-hybridized carbons (Fsp3) is 0.211. The Morgan fingerprint density at radius 2 is 1.96 bits per heavy atom. The van der Waals surface area contributed by atoms with E-state index >= 15 is 0 Å². The normalized spacial score (nSPS) is 10.3. The van der Waals surface area contributed by atoms with Gasteiger partial charge in [-0.3, -0.25) is 9.59 Å². The Morgan fingerprint density at radius 3 is 2.68 bits per heavy atom. The van der Waals surface area contributed by atoms with E-state index in [1.165, 1.54) is 18.2 Å². The number of pyridine rings is 1. The number of ether oxygens (including phenoxy) is 1. The summed E-state index contributed by atoms with van der Waals surface area (Å²) >= 11 is 5.56. The van der Waals surface area contributed by atoms with Gasteiger partial charge in [0.15, 0.2) is 18.1 Å². The van der Waals surface area contributed by atoms with Crippen LogP contribution in [0.25, 0.3) is 0 Å². The molecule has 2 amide bonds. The molecule has 0 fully saturated rings. The van der Waals surface area contributed by atoms with Crippen LogP contribution in [-0.4, -0.2) is 29.9 Å². The standard InChI is InChI=1S/C19H18ClF2N3O3/c1-11-3-6-15(21)18(24-11)19(27)25-12(2)7-8-23-17(26)10-28-13-4-5-14(20)16(22)9-13/h3-6,9H,2,7-8,10H2,1H3,(H,23,26)(H,25,27). The van der Waals surface area contributed by atoms with Gasteiger partial charge in [0.2, 0.25) is 0 Å². The zero-order valence-corrected chi connectivity index (χ0v) is 15.8. The van der Waals surface area contributed by atoms with Gasteiger partial charge in [-0.15, -0.1) is 0 Å². The Morgan fingerprint density at radius 1 is 1.21 bits per heavy atom. The van der Waals surface area contributed by atoms with Crippen LogP contribution in [0, 0.1) is 18.6 Å². The van der Waals surface area contributed by atoms with Crippen molar-refractivity contribution in [2.24, 2.45) is 0 Å². The predicted molar refractivity (Wildman–Crippen MR) is 100 cm³/mol. The summed E-state index contributed by atoms with van der Waals surface area (Å²) < 4.78 is 32.1. The van der Waals surface area contributed by atoms with Gasteiger partial charge in [-0.05, 0) is 31.2 Å². The zero-order chi connectivity index (χ0) is 20.7. The maximum Gasteiger partial charge on any atom is 0.277 e. The highest BCUT2D eigenvalue weighted by molar-refractivity contribution is 6.30. The fourth-order valence-electron chi connectivity index (χ4n) is 2.10. The molecule has 6 nitrogen and oxygen atoms in total. The molecule has 2 rings (SSSR count). The quantitative estimate of drug-likeness (QED) is 0.702. The third-order valence-corrected chi connectivity index (χ3v) is 3.81. The number of aryl methyl sites for hydroxylation is 1. The number of nitrogens with zero attached hydrogens (tertiary/aromatic N) is 1. The van der Waals surface area contributed by atoms with Crippen LogP contribution in [0.4, 0.5) is 8.78 Å². The van der Waals surface area contributed by atoms with Crippen LogP contribution >= 0.6 is 11.6 Å². The second-order valence-electron chi connectivity index (χ2n) is 5.81. The number of aromatic nitrogens is 1. The number of hydrogen-bond acceptors (Lipinski definition) is 4. The van der Waals surface area contributed by atoms with Crippen molar-refractivity contribution in [3.8, 4) is 5.75 Å². The van der Waals surface area contributed by atoms with Crippen LogP contribution in [0.3, 0.4) is 0 Å². The average Bonchev–Trinajstić information content (AvgIpc) is 2.64. The highest BCUT2D eigenvalue weighted by Crippen LogP contribution is 2.20. The maximum atomic E-state index is 13.6. The summed E-state index contributed by atoms with van der Waals surface area (Å²) in [4.78, 5) is 27.6. The minimum Gasteiger partial charge on any atom is -0.484 e. The summed E-state index contributed by atoms with van der Waals surface area (Å²) in [6.07, 6.45) is 0.223. The Bertz CT molecular complexity index is 906. The molecule has 2 N–H and O–H groups in total. The van der Waals surface area contributed by atoms with Gasteiger partial charge in [-0.25, -0.2) is 13.8 Å². The first-order chi connectivity index (χ1) is 13.3. The van der Waals surface area contributed by atoms with Crippen molar-refractivity contribution in [3.63, 3.8) is 0 Å². The van der Waals surface area contributed by atoms with Crippen LogP contribution in [-0.2, 0) is 4.79 Å². The van der Waals surface area contributed by atoms with Crippen molar-refractivity contribution in [3.05, 3.63) is 70.7 Å². The van der Waals surface area contributed by atoms with Crippen LogP contribution < -0.4 is 15.4 Å². The summed E-state index contributed by atoms with van der Waals surface area (Å²) in [5.41, 5.74) is 0.465. The first-order valence-electron chi connectivity index (χ1n) is 8.23. The van der Waals surface area contributed by atoms with Gasteiger partial charge in [0, 0.05) is 30.4 Å². The number of rotatable bonds is 8. The van der Waals surface area contributed by atoms with Crippen LogP contribution in [0.1, 0.15) is 22.6 Å². The van der Waals surface area contributed by atoms with Crippen LogP contribution in [0.5, 0.6) is 5.75 Å². The van der Waals surface area contributed by atoms with Crippen molar-refractivity contribution in [1.29, 1.82) is 0 Å². The van der Waals surface area contributed by atoms with E-state index in [1.807, 2.05) is 0 Å². The van der Waals surface area contributed by atoms with Gasteiger partial charge < -0.3 is 15.4 Å². The minimum absolute atomic E-state index is 0.0434. The Balaban J connectivity index is 1.72. The highest BCUT2D eigenvalue weighted by atomic mass is 35.5. The molecule has 1 heterocycles. The lowest BCUT2D eigenvalue weighted by Crippen LogP contribution is -2.32. The molecule has 0 aliphatic carbocycles. The third-order valence-electron chi connectivity index (χ3n) is 3.50. The first-order valence-corrected chi connectivity index (χ1v) is 8.61. The lowest BCUT2D eigenvalue weighted by atomic mass is 10.2. The minimum atomic E-state index is -0.736. The van der Waals surface area contributed by atoms with Crippen molar-refractivity contribution in [1.82, 2.24) is 15.6 Å². The molecule has 0 radical (unpaired) electrons. The molecule has 0 bridgehead atoms. The highest BCUT2D eigenvalue weighted by Gasteiger charge is 2.14. The molecule has 1 aromatic heterocycles. The molecule has 0 aliphatic heterocycles. The maximum absolute atomic E-state index is 13.6. The largest absolute Gasteiger partial charge is 0.484 e. The molecule has 0 spiro atoms. The summed E-state index contributed by atoms with van der Waals surface area (Å²) in [5.74, 6) is -2.38. The van der Waals surface area contributed by atoms with Crippen molar-refractivity contribution >= 4 is 23.4 Å². The van der Waals surface area contributed by atoms with Crippen molar-refractivity contribution in [2.75, 3.05) is 13.2 Å². The number of carbonyl (C=O) groups excluding carboxylic acids is 2. The Labute approximate surface area is 165 Å². The molecular formula is C19H18ClF2N3O3. The molecule has 9 heteroatoms. The van der Waals surface area contributed by atoms with Gasteiger partial charge in [-0.1, -0.05) is 18.2 Å². The summed E-state index contributed by atoms with van der Waals surface area (Å²) in [6.45, 7) is 5.15. The van der Waals surface area contributed by atoms with E-state index in [0.717, 1.165) is 12.1 Å². The Hall–Kier alpha value is -3.00. The molecule has 0 saturated carbocycles. The van der Waals surface area contributed by atoms with E-state index in [4.69, 9.17) is 16.3 Å². The van der Waals surface area contributed by atoms with E-state index in [1.54, 1.807) is 6.92 Å². The van der Waals surface area contributed by atoms with E-state index in [-0.39, 0.29) is 41.7 Å². The average molecular weight is 410 g/mol. The molecule has 148 valence electrons. The van der Waals surface area contributed by atoms with Crippen molar-refractivity contribution in [2.45, 2.75) is 13.3 Å². The molecule has 0 aliphatic rings. The second-order valence-corrected chi connectivity index (χ2v) is 6.21. The molecule has 0 saturated heterocycles. The van der Waals surface area contributed by atoms with Gasteiger partial charge in [0.1, 0.15) is 11.6 Å². The van der Waals surface area contributed by atoms with E-state index in [0.29, 0.717) is 5.69 Å². The van der Waals surface area contributed by atoms with Gasteiger partial charge >= 0.3 is 0 Å². The fourth-order valence-corrected chi connectivity index (χ4v) is 2.22. The lowest BCUT2D eigenvalue weighted by molar-refractivity contribution is -0.123. The van der Waals surface area contributed by atoms with Gasteiger partial charge in [-0.2, -0.15) is 0 Å². The monoisotopic (exact) mass is 409 g/mol. The van der Waals surface area contributed by atoms with Gasteiger partial charge in [0.25, 0.3) is 11.8 Å². The zero-order valence-electron chi connectivity index (χ0n) is 15.0. The molecule has 0 atom stereocenters. The SMILES string of the molecule is C=C(CCNC(=O)COc1ccc(Cl)c(F)c1)NC(=O)c1nc(C)ccc1F. The van der Waals surface area contributed by atoms with Crippen LogP contribution in [0.2, 0.25) is 5.02 Å². The number of hydrogen-bond donors (Lipinski definition) is 2. The predicted octanol–water partition coefficient (Wildman–Crippen LogP) is 3.15. The smallest absolute Gasteiger partial charge is 0.277 e. The second kappa shape index (κ2) is 9.80. The number of halogens is 3. The molecule has 28 heavy (non-hydrogen) atoms. The van der Waals surface area contributed by atoms with E-state index < -0.39 is 23.4 Å². The summed E-state index contributed by atoms with van der Waals surface area (Å²) in [6, 6.07) is 6.45. The molecule has 0 unspecified atom stereocenters.